The number of carboxylic acids is 1. The van der Waals surface area contributed by atoms with E-state index in [9.17, 15) is 9.59 Å². The highest BCUT2D eigenvalue weighted by Gasteiger charge is 2.07. The number of carbonyl (C=O) groups is 2. The quantitative estimate of drug-likeness (QED) is 0.850. The van der Waals surface area contributed by atoms with Crippen molar-refractivity contribution in [3.8, 4) is 0 Å². The average Bonchev–Trinajstić information content (AvgIpc) is 2.23. The third-order valence-electron chi connectivity index (χ3n) is 2.19. The Kier molecular flexibility index (Phi) is 4.97. The van der Waals surface area contributed by atoms with E-state index in [1.54, 1.807) is 12.1 Å². The molecule has 0 bridgehead atoms. The Morgan fingerprint density at radius 1 is 1.35 bits per heavy atom. The van der Waals surface area contributed by atoms with Crippen LogP contribution in [-0.2, 0) is 9.59 Å². The van der Waals surface area contributed by atoms with Gasteiger partial charge >= 0.3 is 5.97 Å². The molecule has 17 heavy (non-hydrogen) atoms. The minimum absolute atomic E-state index is 0.00499. The lowest BCUT2D eigenvalue weighted by Crippen LogP contribution is -2.12. The number of aliphatic carboxylic acids is 1. The number of hydrogen-bond acceptors (Lipinski definition) is 2. The molecule has 0 aromatic heterocycles. The number of rotatable bonds is 5. The smallest absolute Gasteiger partial charge is 0.303 e. The number of nitrogens with one attached hydrogen (secondary N) is 1. The zero-order valence-electron chi connectivity index (χ0n) is 9.50. The van der Waals surface area contributed by atoms with Crippen LogP contribution in [0.25, 0.3) is 0 Å². The lowest BCUT2D eigenvalue weighted by molar-refractivity contribution is -0.137. The van der Waals surface area contributed by atoms with Crippen molar-refractivity contribution < 1.29 is 14.7 Å². The maximum atomic E-state index is 11.5. The Labute approximate surface area is 105 Å². The molecule has 1 aromatic carbocycles. The molecule has 0 aliphatic heterocycles. The van der Waals surface area contributed by atoms with Crippen LogP contribution in [0.1, 0.15) is 24.8 Å². The molecule has 0 saturated heterocycles. The summed E-state index contributed by atoms with van der Waals surface area (Å²) in [5.41, 5.74) is 1.56. The fraction of sp³-hybridized carbons (Fsp3) is 0.333. The molecule has 2 N–H and O–H groups in total. The topological polar surface area (TPSA) is 66.4 Å². The number of amides is 1. The van der Waals surface area contributed by atoms with Gasteiger partial charge in [0.1, 0.15) is 0 Å². The predicted octanol–water partition coefficient (Wildman–Crippen LogP) is 2.84. The van der Waals surface area contributed by atoms with Crippen molar-refractivity contribution in [2.24, 2.45) is 0 Å². The van der Waals surface area contributed by atoms with Gasteiger partial charge in [-0.05, 0) is 31.0 Å². The van der Waals surface area contributed by atoms with Gasteiger partial charge < -0.3 is 10.4 Å². The van der Waals surface area contributed by atoms with E-state index in [-0.39, 0.29) is 18.7 Å². The summed E-state index contributed by atoms with van der Waals surface area (Å²) in [6.45, 7) is 1.90. The molecule has 92 valence electrons. The van der Waals surface area contributed by atoms with Crippen LogP contribution in [0, 0.1) is 6.92 Å². The van der Waals surface area contributed by atoms with E-state index >= 15 is 0 Å². The molecular weight excluding hydrogens is 242 g/mol. The summed E-state index contributed by atoms with van der Waals surface area (Å²) in [4.78, 5) is 21.8. The first-order valence-corrected chi connectivity index (χ1v) is 5.64. The van der Waals surface area contributed by atoms with Crippen molar-refractivity contribution in [1.82, 2.24) is 0 Å². The Balaban J connectivity index is 2.50. The molecule has 0 heterocycles. The van der Waals surface area contributed by atoms with Crippen LogP contribution in [-0.4, -0.2) is 17.0 Å². The summed E-state index contributed by atoms with van der Waals surface area (Å²) in [6.07, 6.45) is 0.496. The Bertz CT molecular complexity index is 432. The zero-order valence-corrected chi connectivity index (χ0v) is 10.3. The molecule has 0 atom stereocenters. The lowest BCUT2D eigenvalue weighted by Gasteiger charge is -2.07. The second-order valence-corrected chi connectivity index (χ2v) is 4.19. The maximum absolute atomic E-state index is 11.5. The van der Waals surface area contributed by atoms with Gasteiger partial charge in [0.25, 0.3) is 0 Å². The molecule has 0 fully saturated rings. The van der Waals surface area contributed by atoms with E-state index in [0.717, 1.165) is 5.56 Å². The van der Waals surface area contributed by atoms with Crippen LogP contribution in [0.4, 0.5) is 5.69 Å². The molecule has 0 aliphatic rings. The summed E-state index contributed by atoms with van der Waals surface area (Å²) in [7, 11) is 0. The van der Waals surface area contributed by atoms with E-state index in [4.69, 9.17) is 16.7 Å². The molecule has 1 amide bonds. The first-order chi connectivity index (χ1) is 7.99. The van der Waals surface area contributed by atoms with Crippen LogP contribution < -0.4 is 5.32 Å². The molecule has 0 spiro atoms. The van der Waals surface area contributed by atoms with Crippen molar-refractivity contribution >= 4 is 29.2 Å². The van der Waals surface area contributed by atoms with Crippen molar-refractivity contribution in [3.63, 3.8) is 0 Å². The number of carboxylic acid groups (broad SMARTS) is 1. The van der Waals surface area contributed by atoms with Gasteiger partial charge in [0.2, 0.25) is 5.91 Å². The van der Waals surface area contributed by atoms with Gasteiger partial charge in [-0.2, -0.15) is 0 Å². The predicted molar refractivity (Wildman–Crippen MR) is 66.3 cm³/mol. The Morgan fingerprint density at radius 2 is 2.06 bits per heavy atom. The lowest BCUT2D eigenvalue weighted by atomic mass is 10.2. The molecule has 0 radical (unpaired) electrons. The summed E-state index contributed by atoms with van der Waals surface area (Å²) in [6, 6.07) is 5.34. The van der Waals surface area contributed by atoms with Gasteiger partial charge in [-0.1, -0.05) is 17.7 Å². The SMILES string of the molecule is Cc1ccc(Cl)c(NC(=O)CCCC(=O)O)c1. The van der Waals surface area contributed by atoms with Crippen molar-refractivity contribution in [3.05, 3.63) is 28.8 Å². The second-order valence-electron chi connectivity index (χ2n) is 3.78. The summed E-state index contributed by atoms with van der Waals surface area (Å²) in [5.74, 6) is -1.12. The van der Waals surface area contributed by atoms with Crippen molar-refractivity contribution in [1.29, 1.82) is 0 Å². The average molecular weight is 256 g/mol. The summed E-state index contributed by atoms with van der Waals surface area (Å²) >= 11 is 5.92. The molecule has 4 nitrogen and oxygen atoms in total. The van der Waals surface area contributed by atoms with E-state index in [2.05, 4.69) is 5.32 Å². The van der Waals surface area contributed by atoms with Crippen LogP contribution in [0.15, 0.2) is 18.2 Å². The highest BCUT2D eigenvalue weighted by Crippen LogP contribution is 2.22. The number of anilines is 1. The van der Waals surface area contributed by atoms with Gasteiger partial charge in [-0.25, -0.2) is 0 Å². The number of hydrogen-bond donors (Lipinski definition) is 2. The Hall–Kier alpha value is -1.55. The molecule has 5 heteroatoms. The molecule has 1 aromatic rings. The number of benzene rings is 1. The minimum atomic E-state index is -0.897. The third kappa shape index (κ3) is 4.87. The largest absolute Gasteiger partial charge is 0.481 e. The van der Waals surface area contributed by atoms with Gasteiger partial charge in [0, 0.05) is 12.8 Å². The van der Waals surface area contributed by atoms with E-state index in [1.807, 2.05) is 13.0 Å². The van der Waals surface area contributed by atoms with Gasteiger partial charge in [-0.15, -0.1) is 0 Å². The highest BCUT2D eigenvalue weighted by molar-refractivity contribution is 6.33. The molecule has 0 saturated carbocycles. The molecular formula is C12H14ClNO3. The monoisotopic (exact) mass is 255 g/mol. The summed E-state index contributed by atoms with van der Waals surface area (Å²) in [5, 5.41) is 11.6. The molecule has 0 aliphatic carbocycles. The van der Waals surface area contributed by atoms with Crippen molar-refractivity contribution in [2.75, 3.05) is 5.32 Å². The highest BCUT2D eigenvalue weighted by atomic mass is 35.5. The fourth-order valence-corrected chi connectivity index (χ4v) is 1.51. The molecule has 0 unspecified atom stereocenters. The van der Waals surface area contributed by atoms with E-state index < -0.39 is 5.97 Å². The van der Waals surface area contributed by atoms with Gasteiger partial charge in [-0.3, -0.25) is 9.59 Å². The number of aryl methyl sites for hydroxylation is 1. The minimum Gasteiger partial charge on any atom is -0.481 e. The first-order valence-electron chi connectivity index (χ1n) is 5.27. The van der Waals surface area contributed by atoms with Crippen LogP contribution in [0.5, 0.6) is 0 Å². The van der Waals surface area contributed by atoms with E-state index in [1.165, 1.54) is 0 Å². The summed E-state index contributed by atoms with van der Waals surface area (Å²) < 4.78 is 0. The standard InChI is InChI=1S/C12H14ClNO3/c1-8-5-6-9(13)10(7-8)14-11(15)3-2-4-12(16)17/h5-7H,2-4H2,1H3,(H,14,15)(H,16,17). The second kappa shape index (κ2) is 6.25. The van der Waals surface area contributed by atoms with Gasteiger partial charge in [0.05, 0.1) is 10.7 Å². The van der Waals surface area contributed by atoms with Gasteiger partial charge in [0.15, 0.2) is 0 Å². The van der Waals surface area contributed by atoms with Crippen LogP contribution >= 0.6 is 11.6 Å². The zero-order chi connectivity index (χ0) is 12.8. The van der Waals surface area contributed by atoms with E-state index in [0.29, 0.717) is 17.1 Å². The fourth-order valence-electron chi connectivity index (χ4n) is 1.35. The Morgan fingerprint density at radius 3 is 2.71 bits per heavy atom. The maximum Gasteiger partial charge on any atom is 0.303 e. The van der Waals surface area contributed by atoms with Crippen LogP contribution in [0.3, 0.4) is 0 Å². The van der Waals surface area contributed by atoms with Crippen molar-refractivity contribution in [2.45, 2.75) is 26.2 Å². The molecule has 1 rings (SSSR count). The van der Waals surface area contributed by atoms with Crippen LogP contribution in [0.2, 0.25) is 5.02 Å². The first kappa shape index (κ1) is 13.5. The third-order valence-corrected chi connectivity index (χ3v) is 2.52. The number of halogens is 1. The normalized spacial score (nSPS) is 10.0. The number of carbonyl (C=O) groups excluding carboxylic acids is 1.